The molecule has 0 atom stereocenters. The molecule has 0 amide bonds. The van der Waals surface area contributed by atoms with Gasteiger partial charge in [0, 0.05) is 16.3 Å². The SMILES string of the molecule is [B]c1c(O)c(O)c(O)c(-c2cccc3c2oc2cccc(-c4ccc5ccc6c(-c7ccccc7)ccc7ccc4c5c76)c23)c1O. The van der Waals surface area contributed by atoms with Crippen LogP contribution >= 0.6 is 0 Å². The van der Waals surface area contributed by atoms with E-state index in [-0.39, 0.29) is 5.56 Å². The highest BCUT2D eigenvalue weighted by atomic mass is 16.3. The van der Waals surface area contributed by atoms with Gasteiger partial charge in [-0.25, -0.2) is 0 Å². The Hall–Kier alpha value is -6.14. The fourth-order valence-corrected chi connectivity index (χ4v) is 7.15. The van der Waals surface area contributed by atoms with E-state index >= 15 is 0 Å². The van der Waals surface area contributed by atoms with Crippen LogP contribution in [0.5, 0.6) is 23.0 Å². The van der Waals surface area contributed by atoms with Gasteiger partial charge in [0.2, 0.25) is 5.75 Å². The Morgan fingerprint density at radius 2 is 1.07 bits per heavy atom. The van der Waals surface area contributed by atoms with Gasteiger partial charge < -0.3 is 24.8 Å². The Bertz CT molecular complexity index is 2660. The van der Waals surface area contributed by atoms with E-state index in [1.54, 1.807) is 12.1 Å². The summed E-state index contributed by atoms with van der Waals surface area (Å²) in [5.74, 6) is -2.85. The second kappa shape index (κ2) is 9.43. The van der Waals surface area contributed by atoms with E-state index in [4.69, 9.17) is 12.3 Å². The van der Waals surface area contributed by atoms with E-state index in [0.717, 1.165) is 32.7 Å². The number of hydrogen-bond donors (Lipinski definition) is 4. The molecule has 0 fully saturated rings. The maximum absolute atomic E-state index is 10.9. The molecule has 0 spiro atoms. The molecule has 0 aliphatic carbocycles. The Balaban J connectivity index is 1.34. The Kier molecular flexibility index (Phi) is 5.39. The highest BCUT2D eigenvalue weighted by molar-refractivity contribution is 6.37. The summed E-state index contributed by atoms with van der Waals surface area (Å²) >= 11 is 0. The van der Waals surface area contributed by atoms with Crippen molar-refractivity contribution in [3.8, 4) is 56.4 Å². The number of furan rings is 1. The number of aromatic hydroxyl groups is 4. The van der Waals surface area contributed by atoms with Gasteiger partial charge in [-0.2, -0.15) is 0 Å². The van der Waals surface area contributed by atoms with Gasteiger partial charge in [0.05, 0.1) is 5.56 Å². The summed E-state index contributed by atoms with van der Waals surface area (Å²) in [5, 5.41) is 50.7. The van der Waals surface area contributed by atoms with Gasteiger partial charge in [0.1, 0.15) is 24.8 Å². The van der Waals surface area contributed by atoms with Crippen LogP contribution in [-0.4, -0.2) is 28.3 Å². The van der Waals surface area contributed by atoms with Crippen molar-refractivity contribution in [2.24, 2.45) is 0 Å². The van der Waals surface area contributed by atoms with E-state index in [1.807, 2.05) is 24.3 Å². The summed E-state index contributed by atoms with van der Waals surface area (Å²) in [7, 11) is 5.86. The molecule has 9 rings (SSSR count). The number of para-hydroxylation sites is 1. The molecule has 8 aromatic carbocycles. The molecule has 9 aromatic rings. The molecule has 0 bridgehead atoms. The van der Waals surface area contributed by atoms with E-state index in [0.29, 0.717) is 16.7 Å². The van der Waals surface area contributed by atoms with E-state index in [1.165, 1.54) is 32.7 Å². The Morgan fingerprint density at radius 3 is 1.80 bits per heavy atom. The van der Waals surface area contributed by atoms with Gasteiger partial charge in [-0.05, 0) is 66.1 Å². The fourth-order valence-electron chi connectivity index (χ4n) is 7.15. The fraction of sp³-hybridized carbons (Fsp3) is 0. The molecular formula is C40H23BO5. The molecular weight excluding hydrogens is 571 g/mol. The summed E-state index contributed by atoms with van der Waals surface area (Å²) in [6.45, 7) is 0. The van der Waals surface area contributed by atoms with Crippen LogP contribution in [0.3, 0.4) is 0 Å². The van der Waals surface area contributed by atoms with Gasteiger partial charge in [-0.1, -0.05) is 109 Å². The van der Waals surface area contributed by atoms with Gasteiger partial charge >= 0.3 is 0 Å². The first-order chi connectivity index (χ1) is 22.4. The van der Waals surface area contributed by atoms with E-state index in [2.05, 4.69) is 78.9 Å². The monoisotopic (exact) mass is 594 g/mol. The van der Waals surface area contributed by atoms with Crippen molar-refractivity contribution in [3.05, 3.63) is 115 Å². The normalized spacial score (nSPS) is 11.9. The third kappa shape index (κ3) is 3.47. The molecule has 0 saturated heterocycles. The van der Waals surface area contributed by atoms with E-state index < -0.39 is 28.5 Å². The minimum atomic E-state index is -0.817. The highest BCUT2D eigenvalue weighted by Crippen LogP contribution is 2.50. The van der Waals surface area contributed by atoms with Crippen molar-refractivity contribution in [2.75, 3.05) is 0 Å². The van der Waals surface area contributed by atoms with Crippen LogP contribution in [0.25, 0.3) is 87.6 Å². The van der Waals surface area contributed by atoms with Crippen molar-refractivity contribution >= 4 is 67.6 Å². The first-order valence-electron chi connectivity index (χ1n) is 14.9. The first kappa shape index (κ1) is 26.3. The number of hydrogen-bond acceptors (Lipinski definition) is 5. The minimum absolute atomic E-state index is 0.129. The second-order valence-corrected chi connectivity index (χ2v) is 11.7. The molecule has 2 radical (unpaired) electrons. The smallest absolute Gasteiger partial charge is 0.200 e. The lowest BCUT2D eigenvalue weighted by Crippen LogP contribution is -2.05. The summed E-state index contributed by atoms with van der Waals surface area (Å²) in [6.07, 6.45) is 0. The quantitative estimate of drug-likeness (QED) is 0.0709. The van der Waals surface area contributed by atoms with Crippen LogP contribution < -0.4 is 5.46 Å². The predicted molar refractivity (Wildman–Crippen MR) is 186 cm³/mol. The maximum Gasteiger partial charge on any atom is 0.200 e. The number of rotatable bonds is 3. The van der Waals surface area contributed by atoms with Crippen molar-refractivity contribution in [1.29, 1.82) is 0 Å². The predicted octanol–water partition coefficient (Wildman–Crippen LogP) is 9.10. The number of phenolic OH excluding ortho intramolecular Hbond substituents is 4. The third-order valence-corrected chi connectivity index (χ3v) is 9.26. The average molecular weight is 594 g/mol. The van der Waals surface area contributed by atoms with Crippen LogP contribution in [0.2, 0.25) is 0 Å². The van der Waals surface area contributed by atoms with Crippen LogP contribution in [0, 0.1) is 0 Å². The van der Waals surface area contributed by atoms with Gasteiger partial charge in [-0.3, -0.25) is 0 Å². The van der Waals surface area contributed by atoms with Crippen molar-refractivity contribution in [3.63, 3.8) is 0 Å². The molecule has 0 aliphatic rings. The lowest BCUT2D eigenvalue weighted by molar-refractivity contribution is 0.365. The van der Waals surface area contributed by atoms with Gasteiger partial charge in [0.25, 0.3) is 0 Å². The zero-order valence-corrected chi connectivity index (χ0v) is 24.2. The molecule has 0 aliphatic heterocycles. The molecule has 216 valence electrons. The summed E-state index contributed by atoms with van der Waals surface area (Å²) in [4.78, 5) is 0. The van der Waals surface area contributed by atoms with Crippen molar-refractivity contribution < 1.29 is 24.8 Å². The van der Waals surface area contributed by atoms with Crippen molar-refractivity contribution in [2.45, 2.75) is 0 Å². The number of phenols is 4. The zero-order valence-electron chi connectivity index (χ0n) is 24.2. The van der Waals surface area contributed by atoms with Gasteiger partial charge in [0.15, 0.2) is 11.5 Å². The van der Waals surface area contributed by atoms with Crippen LogP contribution in [0.4, 0.5) is 0 Å². The lowest BCUT2D eigenvalue weighted by Gasteiger charge is -2.17. The summed E-state index contributed by atoms with van der Waals surface area (Å²) in [6, 6.07) is 39.2. The molecule has 1 aromatic heterocycles. The third-order valence-electron chi connectivity index (χ3n) is 9.26. The Morgan fingerprint density at radius 1 is 0.435 bits per heavy atom. The standard InChI is InChI=1S/C40H23BO5/c41-35-36(42)34(37(43)39(45)38(35)44)29-10-4-9-28-33-25(8-5-11-30(33)46-40(28)29)24-17-13-22-14-18-26-23(20-6-2-1-3-7-20)16-12-21-15-19-27(24)32(22)31(21)26/h1-19,42-45H. The molecule has 0 saturated carbocycles. The average Bonchev–Trinajstić information content (AvgIpc) is 3.49. The Labute approximate surface area is 263 Å². The van der Waals surface area contributed by atoms with E-state index in [9.17, 15) is 20.4 Å². The lowest BCUT2D eigenvalue weighted by atomic mass is 9.86. The minimum Gasteiger partial charge on any atom is -0.508 e. The maximum atomic E-state index is 10.9. The van der Waals surface area contributed by atoms with Crippen LogP contribution in [0.15, 0.2) is 120 Å². The summed E-state index contributed by atoms with van der Waals surface area (Å²) in [5.41, 5.74) is 5.14. The largest absolute Gasteiger partial charge is 0.508 e. The van der Waals surface area contributed by atoms with Crippen LogP contribution in [-0.2, 0) is 0 Å². The van der Waals surface area contributed by atoms with Gasteiger partial charge in [-0.15, -0.1) is 0 Å². The van der Waals surface area contributed by atoms with Crippen molar-refractivity contribution in [1.82, 2.24) is 0 Å². The number of fused-ring (bicyclic) bond motifs is 3. The first-order valence-corrected chi connectivity index (χ1v) is 14.9. The molecule has 46 heavy (non-hydrogen) atoms. The zero-order chi connectivity index (χ0) is 31.3. The summed E-state index contributed by atoms with van der Waals surface area (Å²) < 4.78 is 6.40. The molecule has 0 unspecified atom stereocenters. The molecule has 1 heterocycles. The topological polar surface area (TPSA) is 94.1 Å². The second-order valence-electron chi connectivity index (χ2n) is 11.7. The number of benzene rings is 8. The highest BCUT2D eigenvalue weighted by Gasteiger charge is 2.25. The molecule has 4 N–H and O–H groups in total. The van der Waals surface area contributed by atoms with Crippen LogP contribution in [0.1, 0.15) is 0 Å². The molecule has 5 nitrogen and oxygen atoms in total. The molecule has 6 heteroatoms.